The number of anilines is 1. The van der Waals surface area contributed by atoms with E-state index < -0.39 is 5.82 Å². The predicted octanol–water partition coefficient (Wildman–Crippen LogP) is 3.06. The van der Waals surface area contributed by atoms with Gasteiger partial charge in [0.1, 0.15) is 0 Å². The maximum Gasteiger partial charge on any atom is 0.278 e. The van der Waals surface area contributed by atoms with Gasteiger partial charge in [-0.15, -0.1) is 11.3 Å². The van der Waals surface area contributed by atoms with Crippen molar-refractivity contribution in [1.29, 1.82) is 0 Å². The lowest BCUT2D eigenvalue weighted by Gasteiger charge is -2.03. The van der Waals surface area contributed by atoms with E-state index in [9.17, 15) is 9.18 Å². The summed E-state index contributed by atoms with van der Waals surface area (Å²) in [7, 11) is 1.40. The van der Waals surface area contributed by atoms with Crippen LogP contribution in [0.5, 0.6) is 5.75 Å². The summed E-state index contributed by atoms with van der Waals surface area (Å²) in [6.45, 7) is 0. The number of aromatic nitrogens is 3. The highest BCUT2D eigenvalue weighted by molar-refractivity contribution is 7.14. The van der Waals surface area contributed by atoms with Crippen molar-refractivity contribution in [2.45, 2.75) is 0 Å². The maximum atomic E-state index is 13.7. The van der Waals surface area contributed by atoms with Crippen LogP contribution in [0.25, 0.3) is 11.3 Å². The van der Waals surface area contributed by atoms with E-state index >= 15 is 0 Å². The second kappa shape index (κ2) is 6.16. The minimum atomic E-state index is -0.466. The summed E-state index contributed by atoms with van der Waals surface area (Å²) in [4.78, 5) is 16.1. The van der Waals surface area contributed by atoms with Gasteiger partial charge in [-0.25, -0.2) is 9.37 Å². The fraction of sp³-hybridized carbons (Fsp3) is 0.0769. The first kappa shape index (κ1) is 14.5. The van der Waals surface area contributed by atoms with Crippen LogP contribution in [-0.4, -0.2) is 26.7 Å². The summed E-state index contributed by atoms with van der Waals surface area (Å²) < 4.78 is 26.2. The molecule has 1 aromatic carbocycles. The normalized spacial score (nSPS) is 10.5. The molecule has 1 amide bonds. The Kier molecular flexibility index (Phi) is 4.07. The number of amides is 1. The number of thiazole rings is 1. The summed E-state index contributed by atoms with van der Waals surface area (Å²) in [6.07, 6.45) is 1.38. The molecule has 0 spiro atoms. The van der Waals surface area contributed by atoms with Crippen LogP contribution in [0.4, 0.5) is 9.52 Å². The van der Waals surface area contributed by atoms with Gasteiger partial charge in [-0.1, -0.05) is 0 Å². The first-order chi connectivity index (χ1) is 10.7. The van der Waals surface area contributed by atoms with Crippen molar-refractivity contribution in [2.75, 3.05) is 12.4 Å². The largest absolute Gasteiger partial charge is 0.494 e. The van der Waals surface area contributed by atoms with Crippen molar-refractivity contribution < 1.29 is 13.9 Å². The van der Waals surface area contributed by atoms with Crippen molar-refractivity contribution in [1.82, 2.24) is 13.7 Å². The molecule has 0 saturated heterocycles. The molecular formula is C13H9FN4O2S2. The number of rotatable bonds is 4. The van der Waals surface area contributed by atoms with E-state index in [2.05, 4.69) is 19.0 Å². The number of benzene rings is 1. The molecule has 0 aliphatic heterocycles. The minimum absolute atomic E-state index is 0.170. The van der Waals surface area contributed by atoms with E-state index in [1.165, 1.54) is 36.8 Å². The Labute approximate surface area is 132 Å². The van der Waals surface area contributed by atoms with Gasteiger partial charge < -0.3 is 4.74 Å². The number of hydrogen-bond acceptors (Lipinski definition) is 7. The fourth-order valence-electron chi connectivity index (χ4n) is 1.72. The molecule has 9 heteroatoms. The third kappa shape index (κ3) is 2.95. The van der Waals surface area contributed by atoms with Crippen LogP contribution in [0.1, 0.15) is 10.5 Å². The van der Waals surface area contributed by atoms with Gasteiger partial charge in [0.15, 0.2) is 22.4 Å². The predicted molar refractivity (Wildman–Crippen MR) is 81.9 cm³/mol. The number of carbonyl (C=O) groups is 1. The molecule has 2 aromatic heterocycles. The zero-order valence-electron chi connectivity index (χ0n) is 11.2. The average Bonchev–Trinajstić information content (AvgIpc) is 3.18. The topological polar surface area (TPSA) is 77.0 Å². The van der Waals surface area contributed by atoms with Crippen LogP contribution in [0.15, 0.2) is 29.8 Å². The van der Waals surface area contributed by atoms with Crippen molar-refractivity contribution in [3.8, 4) is 17.0 Å². The molecule has 0 aliphatic carbocycles. The summed E-state index contributed by atoms with van der Waals surface area (Å²) in [5.41, 5.74) is 1.40. The number of hydrogen-bond donors (Lipinski definition) is 1. The molecule has 0 radical (unpaired) electrons. The van der Waals surface area contributed by atoms with Crippen LogP contribution >= 0.6 is 23.1 Å². The smallest absolute Gasteiger partial charge is 0.278 e. The molecule has 1 N–H and O–H groups in total. The third-order valence-electron chi connectivity index (χ3n) is 2.77. The van der Waals surface area contributed by atoms with Crippen LogP contribution in [0, 0.1) is 5.82 Å². The number of halogens is 1. The fourth-order valence-corrected chi connectivity index (χ4v) is 2.84. The molecule has 0 fully saturated rings. The molecule has 3 aromatic rings. The molecule has 0 bridgehead atoms. The zero-order valence-corrected chi connectivity index (χ0v) is 12.9. The van der Waals surface area contributed by atoms with E-state index in [1.54, 1.807) is 11.4 Å². The summed E-state index contributed by atoms with van der Waals surface area (Å²) in [5, 5.41) is 4.76. The standard InChI is InChI=1S/C13H9FN4O2S2/c1-20-11-3-2-7(4-8(11)14)10-6-21-13(16-10)17-12(19)9-5-15-22-18-9/h2-6H,1H3,(H,16,17,19). The first-order valence-electron chi connectivity index (χ1n) is 6.05. The van der Waals surface area contributed by atoms with Crippen molar-refractivity contribution in [3.63, 3.8) is 0 Å². The van der Waals surface area contributed by atoms with Gasteiger partial charge in [0.2, 0.25) is 0 Å². The lowest BCUT2D eigenvalue weighted by atomic mass is 10.1. The highest BCUT2D eigenvalue weighted by Gasteiger charge is 2.13. The van der Waals surface area contributed by atoms with E-state index in [1.807, 2.05) is 0 Å². The molecule has 22 heavy (non-hydrogen) atoms. The monoisotopic (exact) mass is 336 g/mol. The number of nitrogens with one attached hydrogen (secondary N) is 1. The van der Waals surface area contributed by atoms with Crippen LogP contribution in [-0.2, 0) is 0 Å². The molecule has 0 unspecified atom stereocenters. The third-order valence-corrected chi connectivity index (χ3v) is 4.00. The van der Waals surface area contributed by atoms with E-state index in [0.717, 1.165) is 11.7 Å². The lowest BCUT2D eigenvalue weighted by molar-refractivity contribution is 0.102. The second-order valence-electron chi connectivity index (χ2n) is 4.13. The van der Waals surface area contributed by atoms with Gasteiger partial charge in [-0.3, -0.25) is 10.1 Å². The van der Waals surface area contributed by atoms with Gasteiger partial charge in [0, 0.05) is 10.9 Å². The molecule has 112 valence electrons. The second-order valence-corrected chi connectivity index (χ2v) is 5.55. The molecule has 2 heterocycles. The Morgan fingerprint density at radius 2 is 2.27 bits per heavy atom. The van der Waals surface area contributed by atoms with Crippen LogP contribution in [0.3, 0.4) is 0 Å². The molecule has 6 nitrogen and oxygen atoms in total. The summed E-state index contributed by atoms with van der Waals surface area (Å²) in [5.74, 6) is -0.675. The summed E-state index contributed by atoms with van der Waals surface area (Å²) >= 11 is 2.20. The van der Waals surface area contributed by atoms with Gasteiger partial charge in [0.05, 0.1) is 30.7 Å². The lowest BCUT2D eigenvalue weighted by Crippen LogP contribution is -2.11. The van der Waals surface area contributed by atoms with Gasteiger partial charge in [-0.05, 0) is 18.2 Å². The SMILES string of the molecule is COc1ccc(-c2csc(NC(=O)c3cnsn3)n2)cc1F. The molecule has 3 rings (SSSR count). The van der Waals surface area contributed by atoms with E-state index in [0.29, 0.717) is 16.4 Å². The number of methoxy groups -OCH3 is 1. The minimum Gasteiger partial charge on any atom is -0.494 e. The van der Waals surface area contributed by atoms with Crippen LogP contribution < -0.4 is 10.1 Å². The summed E-state index contributed by atoms with van der Waals surface area (Å²) in [6, 6.07) is 4.57. The Morgan fingerprint density at radius 1 is 1.41 bits per heavy atom. The Hall–Kier alpha value is -2.39. The number of ether oxygens (including phenoxy) is 1. The van der Waals surface area contributed by atoms with Crippen molar-refractivity contribution >= 4 is 34.1 Å². The zero-order chi connectivity index (χ0) is 15.5. The van der Waals surface area contributed by atoms with Gasteiger partial charge >= 0.3 is 0 Å². The highest BCUT2D eigenvalue weighted by Crippen LogP contribution is 2.28. The molecule has 0 saturated carbocycles. The first-order valence-corrected chi connectivity index (χ1v) is 7.66. The number of nitrogens with zero attached hydrogens (tertiary/aromatic N) is 3. The number of carbonyl (C=O) groups excluding carboxylic acids is 1. The molecule has 0 atom stereocenters. The molecular weight excluding hydrogens is 327 g/mol. The van der Waals surface area contributed by atoms with Crippen molar-refractivity contribution in [2.24, 2.45) is 0 Å². The van der Waals surface area contributed by atoms with Crippen molar-refractivity contribution in [3.05, 3.63) is 41.3 Å². The van der Waals surface area contributed by atoms with E-state index in [4.69, 9.17) is 4.74 Å². The maximum absolute atomic E-state index is 13.7. The average molecular weight is 336 g/mol. The highest BCUT2D eigenvalue weighted by atomic mass is 32.1. The Morgan fingerprint density at radius 3 is 2.95 bits per heavy atom. The Balaban J connectivity index is 1.79. The molecule has 0 aliphatic rings. The van der Waals surface area contributed by atoms with Gasteiger partial charge in [-0.2, -0.15) is 8.75 Å². The van der Waals surface area contributed by atoms with Crippen LogP contribution in [0.2, 0.25) is 0 Å². The van der Waals surface area contributed by atoms with Gasteiger partial charge in [0.25, 0.3) is 5.91 Å². The quantitative estimate of drug-likeness (QED) is 0.792. The Bertz CT molecular complexity index is 804. The van der Waals surface area contributed by atoms with E-state index in [-0.39, 0.29) is 17.4 Å².